The quantitative estimate of drug-likeness (QED) is 0.722. The number of nitrogens with zero attached hydrogens (tertiary/aromatic N) is 4. The Labute approximate surface area is 74.5 Å². The molecule has 2 heterocycles. The van der Waals surface area contributed by atoms with Crippen LogP contribution in [0.25, 0.3) is 5.52 Å². The molecule has 12 heavy (non-hydrogen) atoms. The van der Waals surface area contributed by atoms with Crippen molar-refractivity contribution >= 4 is 27.3 Å². The summed E-state index contributed by atoms with van der Waals surface area (Å²) < 4.78 is 14.3. The Morgan fingerprint density at radius 3 is 3.00 bits per heavy atom. The highest BCUT2D eigenvalue weighted by Crippen LogP contribution is 2.20. The first-order chi connectivity index (χ1) is 5.70. The summed E-state index contributed by atoms with van der Waals surface area (Å²) in [5.41, 5.74) is 5.48. The van der Waals surface area contributed by atoms with Gasteiger partial charge in [0.1, 0.15) is 6.33 Å². The minimum absolute atomic E-state index is 0.0701. The summed E-state index contributed by atoms with van der Waals surface area (Å²) >= 11 is 2.91. The highest BCUT2D eigenvalue weighted by atomic mass is 79.9. The summed E-state index contributed by atoms with van der Waals surface area (Å²) in [6.45, 7) is 0. The second-order valence-electron chi connectivity index (χ2n) is 2.09. The molecule has 0 fully saturated rings. The van der Waals surface area contributed by atoms with Crippen LogP contribution < -0.4 is 5.73 Å². The number of nitrogen functional groups attached to an aromatic ring is 1. The first-order valence-corrected chi connectivity index (χ1v) is 3.80. The van der Waals surface area contributed by atoms with Crippen molar-refractivity contribution in [3.63, 3.8) is 0 Å². The van der Waals surface area contributed by atoms with Crippen molar-refractivity contribution in [3.8, 4) is 0 Å². The lowest BCUT2D eigenvalue weighted by Gasteiger charge is -1.92. The van der Waals surface area contributed by atoms with E-state index < -0.39 is 5.82 Å². The Morgan fingerprint density at radius 1 is 1.58 bits per heavy atom. The molecule has 0 saturated carbocycles. The summed E-state index contributed by atoms with van der Waals surface area (Å²) in [5, 5.41) is 7.37. The minimum atomic E-state index is -0.548. The van der Waals surface area contributed by atoms with Crippen LogP contribution in [0, 0.1) is 5.82 Å². The average molecular weight is 232 g/mol. The number of hydrogen-bond acceptors (Lipinski definition) is 4. The molecule has 0 unspecified atom stereocenters. The predicted octanol–water partition coefficient (Wildman–Crippen LogP) is 0.608. The first kappa shape index (κ1) is 7.41. The lowest BCUT2D eigenvalue weighted by atomic mass is 10.5. The van der Waals surface area contributed by atoms with Crippen LogP contribution in [0.3, 0.4) is 0 Å². The highest BCUT2D eigenvalue weighted by Gasteiger charge is 2.13. The first-order valence-electron chi connectivity index (χ1n) is 3.00. The molecule has 0 aliphatic rings. The number of halogens is 2. The van der Waals surface area contributed by atoms with Gasteiger partial charge in [-0.3, -0.25) is 0 Å². The van der Waals surface area contributed by atoms with E-state index in [9.17, 15) is 4.39 Å². The lowest BCUT2D eigenvalue weighted by molar-refractivity contribution is 0.632. The van der Waals surface area contributed by atoms with Crippen molar-refractivity contribution in [3.05, 3.63) is 16.7 Å². The van der Waals surface area contributed by atoms with Crippen molar-refractivity contribution in [1.82, 2.24) is 19.8 Å². The van der Waals surface area contributed by atoms with Gasteiger partial charge in [-0.2, -0.15) is 0 Å². The zero-order valence-corrected chi connectivity index (χ0v) is 7.29. The topological polar surface area (TPSA) is 69.1 Å². The number of aromatic nitrogens is 4. The third kappa shape index (κ3) is 0.860. The Morgan fingerprint density at radius 2 is 2.33 bits per heavy atom. The molecular weight excluding hydrogens is 229 g/mol. The van der Waals surface area contributed by atoms with Gasteiger partial charge >= 0.3 is 0 Å². The predicted molar refractivity (Wildman–Crippen MR) is 42.9 cm³/mol. The van der Waals surface area contributed by atoms with E-state index in [0.717, 1.165) is 4.63 Å². The normalized spacial score (nSPS) is 10.8. The van der Waals surface area contributed by atoms with Gasteiger partial charge in [-0.1, -0.05) is 0 Å². The van der Waals surface area contributed by atoms with Crippen LogP contribution in [0.5, 0.6) is 0 Å². The summed E-state index contributed by atoms with van der Waals surface area (Å²) in [7, 11) is 0. The van der Waals surface area contributed by atoms with E-state index in [1.54, 1.807) is 0 Å². The molecule has 0 aliphatic heterocycles. The van der Waals surface area contributed by atoms with Gasteiger partial charge in [0.15, 0.2) is 21.8 Å². The van der Waals surface area contributed by atoms with Gasteiger partial charge in [0.2, 0.25) is 0 Å². The molecule has 7 heteroatoms. The maximum absolute atomic E-state index is 13.1. The van der Waals surface area contributed by atoms with Crippen molar-refractivity contribution in [2.75, 3.05) is 5.73 Å². The standard InChI is InChI=1S/C5H3BrFN5/c6-4-2(7)3-5(8)9-1-10-12(3)11-4/h1H,(H2,8,9,10). The molecule has 0 radical (unpaired) electrons. The molecular formula is C5H3BrFN5. The average Bonchev–Trinajstić information content (AvgIpc) is 2.29. The van der Waals surface area contributed by atoms with Gasteiger partial charge in [-0.05, 0) is 15.9 Å². The van der Waals surface area contributed by atoms with Crippen molar-refractivity contribution in [1.29, 1.82) is 0 Å². The fourth-order valence-corrected chi connectivity index (χ4v) is 1.20. The zero-order valence-electron chi connectivity index (χ0n) is 5.70. The van der Waals surface area contributed by atoms with E-state index in [2.05, 4.69) is 31.1 Å². The van der Waals surface area contributed by atoms with Crippen LogP contribution in [0.2, 0.25) is 0 Å². The monoisotopic (exact) mass is 231 g/mol. The molecule has 2 N–H and O–H groups in total. The number of hydrogen-bond donors (Lipinski definition) is 1. The van der Waals surface area contributed by atoms with Gasteiger partial charge in [0.25, 0.3) is 0 Å². The molecule has 0 bridgehead atoms. The second-order valence-corrected chi connectivity index (χ2v) is 2.84. The third-order valence-corrected chi connectivity index (χ3v) is 1.88. The van der Waals surface area contributed by atoms with Crippen LogP contribution in [0.4, 0.5) is 10.2 Å². The smallest absolute Gasteiger partial charge is 0.189 e. The van der Waals surface area contributed by atoms with Gasteiger partial charge in [0.05, 0.1) is 0 Å². The molecule has 2 aromatic heterocycles. The van der Waals surface area contributed by atoms with Crippen LogP contribution in [-0.2, 0) is 0 Å². The van der Waals surface area contributed by atoms with Crippen molar-refractivity contribution < 1.29 is 4.39 Å². The van der Waals surface area contributed by atoms with E-state index >= 15 is 0 Å². The summed E-state index contributed by atoms with van der Waals surface area (Å²) in [5.74, 6) is -0.478. The molecule has 0 atom stereocenters. The molecule has 0 aromatic carbocycles. The summed E-state index contributed by atoms with van der Waals surface area (Å²) in [6, 6.07) is 0. The maximum Gasteiger partial charge on any atom is 0.189 e. The van der Waals surface area contributed by atoms with Crippen molar-refractivity contribution in [2.45, 2.75) is 0 Å². The molecule has 2 aromatic rings. The number of fused-ring (bicyclic) bond motifs is 1. The van der Waals surface area contributed by atoms with E-state index in [4.69, 9.17) is 5.73 Å². The highest BCUT2D eigenvalue weighted by molar-refractivity contribution is 9.10. The number of anilines is 1. The molecule has 0 saturated heterocycles. The Balaban J connectivity index is 2.97. The van der Waals surface area contributed by atoms with Gasteiger partial charge in [-0.25, -0.2) is 9.37 Å². The molecule has 2 rings (SSSR count). The van der Waals surface area contributed by atoms with Crippen LogP contribution in [-0.4, -0.2) is 19.8 Å². The van der Waals surface area contributed by atoms with Crippen molar-refractivity contribution in [2.24, 2.45) is 0 Å². The number of nitrogens with two attached hydrogens (primary N) is 1. The van der Waals surface area contributed by atoms with Gasteiger partial charge < -0.3 is 5.73 Å². The minimum Gasteiger partial charge on any atom is -0.382 e. The Hall–Kier alpha value is -1.24. The largest absolute Gasteiger partial charge is 0.382 e. The van der Waals surface area contributed by atoms with E-state index in [-0.39, 0.29) is 15.9 Å². The van der Waals surface area contributed by atoms with Crippen LogP contribution in [0.15, 0.2) is 10.9 Å². The molecule has 0 aliphatic carbocycles. The zero-order chi connectivity index (χ0) is 8.72. The molecule has 62 valence electrons. The second kappa shape index (κ2) is 2.37. The fraction of sp³-hybridized carbons (Fsp3) is 0. The van der Waals surface area contributed by atoms with Crippen LogP contribution in [0.1, 0.15) is 0 Å². The van der Waals surface area contributed by atoms with Gasteiger partial charge in [0, 0.05) is 0 Å². The van der Waals surface area contributed by atoms with Crippen LogP contribution >= 0.6 is 15.9 Å². The maximum atomic E-state index is 13.1. The fourth-order valence-electron chi connectivity index (χ4n) is 0.859. The van der Waals surface area contributed by atoms with Gasteiger partial charge in [-0.15, -0.1) is 14.8 Å². The Bertz CT molecular complexity index is 439. The molecule has 0 amide bonds. The Kier molecular flexibility index (Phi) is 1.47. The molecule has 5 nitrogen and oxygen atoms in total. The third-order valence-electron chi connectivity index (χ3n) is 1.37. The summed E-state index contributed by atoms with van der Waals surface area (Å²) in [6.07, 6.45) is 1.21. The molecule has 0 spiro atoms. The van der Waals surface area contributed by atoms with E-state index in [0.29, 0.717) is 0 Å². The van der Waals surface area contributed by atoms with E-state index in [1.165, 1.54) is 6.33 Å². The number of rotatable bonds is 0. The summed E-state index contributed by atoms with van der Waals surface area (Å²) in [4.78, 5) is 3.63. The van der Waals surface area contributed by atoms with E-state index in [1.807, 2.05) is 0 Å². The SMILES string of the molecule is Nc1ncnn2nc(Br)c(F)c12. The lowest BCUT2D eigenvalue weighted by Crippen LogP contribution is -2.00.